The Morgan fingerprint density at radius 2 is 1.55 bits per heavy atom. The monoisotopic (exact) mass is 407 g/mol. The van der Waals surface area contributed by atoms with Crippen LogP contribution in [0, 0.1) is 0 Å². The second kappa shape index (κ2) is 10.3. The summed E-state index contributed by atoms with van der Waals surface area (Å²) in [5.74, 6) is -0.431. The summed E-state index contributed by atoms with van der Waals surface area (Å²) in [7, 11) is 0. The van der Waals surface area contributed by atoms with Crippen LogP contribution in [0.15, 0.2) is 83.8 Å². The Morgan fingerprint density at radius 1 is 0.862 bits per heavy atom. The molecule has 0 aliphatic heterocycles. The second-order valence-electron chi connectivity index (χ2n) is 6.06. The molecule has 0 saturated heterocycles. The summed E-state index contributed by atoms with van der Waals surface area (Å²) < 4.78 is 10.7. The number of hydrogen-bond acceptors (Lipinski definition) is 5. The van der Waals surface area contributed by atoms with Gasteiger partial charge in [-0.2, -0.15) is 0 Å². The normalized spacial score (nSPS) is 10.2. The SMILES string of the molecule is CSc1ccccc1NC(=O)COC(=O)COc1ccccc1-c1ccccc1. The molecule has 0 heterocycles. The average Bonchev–Trinajstić information content (AvgIpc) is 2.77. The van der Waals surface area contributed by atoms with Crippen molar-refractivity contribution in [2.75, 3.05) is 24.8 Å². The molecule has 3 aromatic carbocycles. The van der Waals surface area contributed by atoms with Crippen LogP contribution in [0.1, 0.15) is 0 Å². The van der Waals surface area contributed by atoms with E-state index in [0.29, 0.717) is 11.4 Å². The largest absolute Gasteiger partial charge is 0.481 e. The van der Waals surface area contributed by atoms with E-state index >= 15 is 0 Å². The number of amides is 1. The summed E-state index contributed by atoms with van der Waals surface area (Å²) in [5.41, 5.74) is 2.56. The van der Waals surface area contributed by atoms with Crippen molar-refractivity contribution in [2.45, 2.75) is 4.90 Å². The molecule has 0 aliphatic carbocycles. The van der Waals surface area contributed by atoms with Gasteiger partial charge in [0.15, 0.2) is 13.2 Å². The van der Waals surface area contributed by atoms with Crippen LogP contribution in [0.2, 0.25) is 0 Å². The molecule has 1 amide bonds. The van der Waals surface area contributed by atoms with E-state index in [-0.39, 0.29) is 13.2 Å². The maximum atomic E-state index is 12.1. The number of hydrogen-bond donors (Lipinski definition) is 1. The fraction of sp³-hybridized carbons (Fsp3) is 0.130. The standard InChI is InChI=1S/C23H21NO4S/c1-29-21-14-8-6-12-19(21)24-22(25)15-28-23(26)16-27-20-13-7-5-11-18(20)17-9-3-2-4-10-17/h2-14H,15-16H2,1H3,(H,24,25). The van der Waals surface area contributed by atoms with Crippen LogP contribution < -0.4 is 10.1 Å². The van der Waals surface area contributed by atoms with Crippen molar-refractivity contribution in [1.29, 1.82) is 0 Å². The highest BCUT2D eigenvalue weighted by molar-refractivity contribution is 7.98. The lowest BCUT2D eigenvalue weighted by Gasteiger charge is -2.12. The molecule has 3 rings (SSSR count). The Hall–Kier alpha value is -3.25. The van der Waals surface area contributed by atoms with Crippen molar-refractivity contribution in [3.05, 3.63) is 78.9 Å². The maximum absolute atomic E-state index is 12.1. The van der Waals surface area contributed by atoms with Crippen LogP contribution in [0.3, 0.4) is 0 Å². The third kappa shape index (κ3) is 5.86. The summed E-state index contributed by atoms with van der Waals surface area (Å²) in [6, 6.07) is 24.7. The Kier molecular flexibility index (Phi) is 7.30. The zero-order valence-electron chi connectivity index (χ0n) is 16.0. The number of anilines is 1. The number of esters is 1. The summed E-state index contributed by atoms with van der Waals surface area (Å²) in [6.45, 7) is -0.649. The quantitative estimate of drug-likeness (QED) is 0.435. The summed E-state index contributed by atoms with van der Waals surface area (Å²) in [5, 5.41) is 2.74. The van der Waals surface area contributed by atoms with Crippen molar-refractivity contribution >= 4 is 29.3 Å². The van der Waals surface area contributed by atoms with E-state index in [9.17, 15) is 9.59 Å². The van der Waals surface area contributed by atoms with Crippen LogP contribution in [-0.2, 0) is 14.3 Å². The van der Waals surface area contributed by atoms with Gasteiger partial charge in [0.05, 0.1) is 5.69 Å². The Balaban J connectivity index is 1.51. The minimum atomic E-state index is -0.610. The van der Waals surface area contributed by atoms with Gasteiger partial charge in [-0.15, -0.1) is 11.8 Å². The van der Waals surface area contributed by atoms with Crippen molar-refractivity contribution in [3.63, 3.8) is 0 Å². The molecule has 5 nitrogen and oxygen atoms in total. The third-order valence-electron chi connectivity index (χ3n) is 4.06. The predicted molar refractivity (Wildman–Crippen MR) is 115 cm³/mol. The number of nitrogens with one attached hydrogen (secondary N) is 1. The van der Waals surface area contributed by atoms with Gasteiger partial charge in [0.2, 0.25) is 0 Å². The summed E-state index contributed by atoms with van der Waals surface area (Å²) in [6.07, 6.45) is 1.93. The fourth-order valence-corrected chi connectivity index (χ4v) is 3.26. The third-order valence-corrected chi connectivity index (χ3v) is 4.86. The molecule has 0 aromatic heterocycles. The van der Waals surface area contributed by atoms with Gasteiger partial charge in [0.25, 0.3) is 5.91 Å². The van der Waals surface area contributed by atoms with Gasteiger partial charge in [0, 0.05) is 10.5 Å². The number of thioether (sulfide) groups is 1. The van der Waals surface area contributed by atoms with Crippen LogP contribution in [-0.4, -0.2) is 31.3 Å². The number of carbonyl (C=O) groups is 2. The van der Waals surface area contributed by atoms with E-state index in [1.165, 1.54) is 11.8 Å². The van der Waals surface area contributed by atoms with E-state index in [4.69, 9.17) is 9.47 Å². The Labute approximate surface area is 174 Å². The number of carbonyl (C=O) groups excluding carboxylic acids is 2. The molecule has 0 aliphatic rings. The topological polar surface area (TPSA) is 64.6 Å². The summed E-state index contributed by atoms with van der Waals surface area (Å²) in [4.78, 5) is 25.0. The number of ether oxygens (including phenoxy) is 2. The van der Waals surface area contributed by atoms with E-state index < -0.39 is 11.9 Å². The lowest BCUT2D eigenvalue weighted by Crippen LogP contribution is -2.24. The molecular weight excluding hydrogens is 386 g/mol. The molecule has 0 unspecified atom stereocenters. The smallest absolute Gasteiger partial charge is 0.344 e. The van der Waals surface area contributed by atoms with E-state index in [1.54, 1.807) is 12.1 Å². The molecule has 0 fully saturated rings. The van der Waals surface area contributed by atoms with Gasteiger partial charge >= 0.3 is 5.97 Å². The van der Waals surface area contributed by atoms with Crippen molar-refractivity contribution in [2.24, 2.45) is 0 Å². The van der Waals surface area contributed by atoms with Gasteiger partial charge in [0.1, 0.15) is 5.75 Å². The second-order valence-corrected chi connectivity index (χ2v) is 6.91. The lowest BCUT2D eigenvalue weighted by atomic mass is 10.1. The first-order chi connectivity index (χ1) is 14.2. The molecule has 0 bridgehead atoms. The highest BCUT2D eigenvalue weighted by Gasteiger charge is 2.12. The van der Waals surface area contributed by atoms with Gasteiger partial charge in [-0.3, -0.25) is 4.79 Å². The fourth-order valence-electron chi connectivity index (χ4n) is 2.71. The molecule has 1 N–H and O–H groups in total. The van der Waals surface area contributed by atoms with Crippen LogP contribution in [0.25, 0.3) is 11.1 Å². The van der Waals surface area contributed by atoms with E-state index in [0.717, 1.165) is 16.0 Å². The highest BCUT2D eigenvalue weighted by atomic mass is 32.2. The van der Waals surface area contributed by atoms with Gasteiger partial charge < -0.3 is 14.8 Å². The van der Waals surface area contributed by atoms with E-state index in [2.05, 4.69) is 5.32 Å². The average molecular weight is 407 g/mol. The van der Waals surface area contributed by atoms with Crippen molar-refractivity contribution in [1.82, 2.24) is 0 Å². The molecule has 148 valence electrons. The van der Waals surface area contributed by atoms with Crippen LogP contribution in [0.4, 0.5) is 5.69 Å². The van der Waals surface area contributed by atoms with Gasteiger partial charge in [-0.1, -0.05) is 60.7 Å². The Bertz CT molecular complexity index is 975. The lowest BCUT2D eigenvalue weighted by molar-refractivity contribution is -0.149. The summed E-state index contributed by atoms with van der Waals surface area (Å²) >= 11 is 1.52. The first-order valence-corrected chi connectivity index (χ1v) is 10.3. The molecule has 0 radical (unpaired) electrons. The highest BCUT2D eigenvalue weighted by Crippen LogP contribution is 2.29. The molecule has 0 spiro atoms. The number of benzene rings is 3. The molecule has 0 saturated carbocycles. The molecule has 29 heavy (non-hydrogen) atoms. The molecule has 0 atom stereocenters. The van der Waals surface area contributed by atoms with Crippen LogP contribution in [0.5, 0.6) is 5.75 Å². The number of para-hydroxylation sites is 2. The van der Waals surface area contributed by atoms with E-state index in [1.807, 2.05) is 73.0 Å². The zero-order chi connectivity index (χ0) is 20.5. The number of rotatable bonds is 8. The van der Waals surface area contributed by atoms with Crippen LogP contribution >= 0.6 is 11.8 Å². The van der Waals surface area contributed by atoms with Crippen molar-refractivity contribution in [3.8, 4) is 16.9 Å². The minimum Gasteiger partial charge on any atom is -0.481 e. The van der Waals surface area contributed by atoms with Gasteiger partial charge in [-0.25, -0.2) is 4.79 Å². The predicted octanol–water partition coefficient (Wildman–Crippen LogP) is 4.64. The molecule has 6 heteroatoms. The van der Waals surface area contributed by atoms with Crippen molar-refractivity contribution < 1.29 is 19.1 Å². The first-order valence-electron chi connectivity index (χ1n) is 9.03. The minimum absolute atomic E-state index is 0.279. The first kappa shape index (κ1) is 20.5. The molecular formula is C23H21NO4S. The molecule has 3 aromatic rings. The zero-order valence-corrected chi connectivity index (χ0v) is 16.8. The maximum Gasteiger partial charge on any atom is 0.344 e. The Morgan fingerprint density at radius 3 is 2.34 bits per heavy atom. The van der Waals surface area contributed by atoms with Gasteiger partial charge in [-0.05, 0) is 30.0 Å².